The number of rotatable bonds is 12. The van der Waals surface area contributed by atoms with Crippen molar-refractivity contribution in [2.24, 2.45) is 0 Å². The average Bonchev–Trinajstić information content (AvgIpc) is 3.43. The summed E-state index contributed by atoms with van der Waals surface area (Å²) < 4.78 is 13.9. The van der Waals surface area contributed by atoms with Crippen LogP contribution < -0.4 is 10.1 Å². The molecule has 6 nitrogen and oxygen atoms in total. The average molecular weight is 588 g/mol. The Morgan fingerprint density at radius 2 is 1.59 bits per heavy atom. The molecule has 1 aromatic heterocycles. The quantitative estimate of drug-likeness (QED) is 0.180. The molecule has 0 aliphatic carbocycles. The van der Waals surface area contributed by atoms with Crippen LogP contribution in [0.15, 0.2) is 109 Å². The summed E-state index contributed by atoms with van der Waals surface area (Å²) in [7, 11) is 0. The molecule has 226 valence electrons. The molecule has 6 heteroatoms. The second-order valence-electron chi connectivity index (χ2n) is 11.6. The first-order valence-electron chi connectivity index (χ1n) is 15.6. The van der Waals surface area contributed by atoms with Crippen molar-refractivity contribution in [2.45, 2.75) is 32.4 Å². The van der Waals surface area contributed by atoms with E-state index >= 15 is 0 Å². The van der Waals surface area contributed by atoms with Crippen molar-refractivity contribution >= 4 is 16.8 Å². The Kier molecular flexibility index (Phi) is 9.70. The van der Waals surface area contributed by atoms with Gasteiger partial charge in [-0.3, -0.25) is 9.69 Å². The predicted molar refractivity (Wildman–Crippen MR) is 176 cm³/mol. The van der Waals surface area contributed by atoms with Gasteiger partial charge in [-0.25, -0.2) is 0 Å². The van der Waals surface area contributed by atoms with E-state index in [2.05, 4.69) is 101 Å². The zero-order valence-corrected chi connectivity index (χ0v) is 25.5. The highest BCUT2D eigenvalue weighted by atomic mass is 16.5. The van der Waals surface area contributed by atoms with Crippen LogP contribution in [0.1, 0.15) is 40.2 Å². The molecular weight excluding hydrogens is 546 g/mol. The van der Waals surface area contributed by atoms with E-state index in [1.165, 1.54) is 22.0 Å². The number of aryl methyl sites for hydroxylation is 1. The van der Waals surface area contributed by atoms with Crippen LogP contribution >= 0.6 is 0 Å². The van der Waals surface area contributed by atoms with E-state index in [0.29, 0.717) is 19.6 Å². The molecule has 1 aliphatic heterocycles. The Morgan fingerprint density at radius 3 is 2.36 bits per heavy atom. The predicted octanol–water partition coefficient (Wildman–Crippen LogP) is 6.55. The number of ether oxygens (including phenoxy) is 2. The summed E-state index contributed by atoms with van der Waals surface area (Å²) >= 11 is 0. The number of hydrogen-bond acceptors (Lipinski definition) is 4. The van der Waals surface area contributed by atoms with Gasteiger partial charge in [0.1, 0.15) is 12.4 Å². The lowest BCUT2D eigenvalue weighted by molar-refractivity contribution is -0.121. The summed E-state index contributed by atoms with van der Waals surface area (Å²) in [6, 6.07) is 35.7. The van der Waals surface area contributed by atoms with E-state index in [4.69, 9.17) is 9.47 Å². The first kappa shape index (κ1) is 29.7. The Labute approximate surface area is 260 Å². The van der Waals surface area contributed by atoms with Gasteiger partial charge in [-0.05, 0) is 47.4 Å². The maximum absolute atomic E-state index is 13.4. The topological polar surface area (TPSA) is 55.7 Å². The molecule has 1 saturated heterocycles. The van der Waals surface area contributed by atoms with E-state index < -0.39 is 0 Å². The molecule has 1 fully saturated rings. The summed E-state index contributed by atoms with van der Waals surface area (Å²) in [4.78, 5) is 15.8. The number of benzene rings is 4. The highest BCUT2D eigenvalue weighted by Crippen LogP contribution is 2.36. The van der Waals surface area contributed by atoms with Gasteiger partial charge in [-0.1, -0.05) is 90.5 Å². The zero-order valence-electron chi connectivity index (χ0n) is 25.5. The number of nitrogens with one attached hydrogen (secondary N) is 1. The number of nitrogens with zero attached hydrogens (tertiary/aromatic N) is 2. The van der Waals surface area contributed by atoms with Crippen LogP contribution in [-0.4, -0.2) is 54.8 Å². The maximum Gasteiger partial charge on any atom is 0.220 e. The van der Waals surface area contributed by atoms with Gasteiger partial charge >= 0.3 is 0 Å². The third kappa shape index (κ3) is 7.57. The lowest BCUT2D eigenvalue weighted by Crippen LogP contribution is -2.41. The lowest BCUT2D eigenvalue weighted by Gasteiger charge is -2.26. The van der Waals surface area contributed by atoms with Crippen LogP contribution in [0.3, 0.4) is 0 Å². The summed E-state index contributed by atoms with van der Waals surface area (Å²) in [5.74, 6) is 0.766. The lowest BCUT2D eigenvalue weighted by atomic mass is 9.88. The Hall–Kier alpha value is -4.39. The highest BCUT2D eigenvalue weighted by molar-refractivity contribution is 5.87. The van der Waals surface area contributed by atoms with Gasteiger partial charge in [0.25, 0.3) is 0 Å². The molecule has 0 saturated carbocycles. The minimum absolute atomic E-state index is 0.0584. The van der Waals surface area contributed by atoms with Crippen molar-refractivity contribution in [2.75, 3.05) is 39.4 Å². The largest absolute Gasteiger partial charge is 0.489 e. The van der Waals surface area contributed by atoms with Crippen LogP contribution in [0.2, 0.25) is 0 Å². The minimum Gasteiger partial charge on any atom is -0.489 e. The number of para-hydroxylation sites is 1. The highest BCUT2D eigenvalue weighted by Gasteiger charge is 2.23. The van der Waals surface area contributed by atoms with Crippen molar-refractivity contribution in [3.05, 3.63) is 137 Å². The molecule has 1 N–H and O–H groups in total. The zero-order chi connectivity index (χ0) is 30.1. The Balaban J connectivity index is 1.25. The number of fused-ring (bicyclic) bond motifs is 1. The molecule has 6 rings (SSSR count). The van der Waals surface area contributed by atoms with E-state index in [-0.39, 0.29) is 11.8 Å². The van der Waals surface area contributed by atoms with E-state index in [1.807, 2.05) is 30.3 Å². The summed E-state index contributed by atoms with van der Waals surface area (Å²) in [6.45, 7) is 8.21. The van der Waals surface area contributed by atoms with Crippen molar-refractivity contribution in [1.29, 1.82) is 0 Å². The minimum atomic E-state index is -0.106. The second-order valence-corrected chi connectivity index (χ2v) is 11.6. The normalized spacial score (nSPS) is 14.4. The third-order valence-corrected chi connectivity index (χ3v) is 8.44. The summed E-state index contributed by atoms with van der Waals surface area (Å²) in [6.07, 6.45) is 2.61. The molecule has 0 unspecified atom stereocenters. The number of amides is 1. The number of carbonyl (C=O) groups is 1. The molecule has 0 bridgehead atoms. The van der Waals surface area contributed by atoms with Gasteiger partial charge in [0.05, 0.1) is 13.2 Å². The molecule has 4 aromatic carbocycles. The second kappa shape index (κ2) is 14.4. The van der Waals surface area contributed by atoms with Crippen LogP contribution in [0, 0.1) is 6.92 Å². The standard InChI is InChI=1S/C38H41N3O3/c1-29-11-13-30(14-12-29)26-41-27-36(34-9-5-6-10-37(34)41)35(25-38(42)39-19-20-40-21-23-43-24-22-40)32-15-17-33(18-16-32)44-28-31-7-3-2-4-8-31/h2-18,27,35H,19-26,28H2,1H3,(H,39,42)/t35-/m1/s1. The molecule has 0 radical (unpaired) electrons. The van der Waals surface area contributed by atoms with E-state index in [0.717, 1.165) is 61.8 Å². The van der Waals surface area contributed by atoms with Crippen LogP contribution in [-0.2, 0) is 22.7 Å². The van der Waals surface area contributed by atoms with Gasteiger partial charge in [-0.2, -0.15) is 0 Å². The van der Waals surface area contributed by atoms with Gasteiger partial charge in [-0.15, -0.1) is 0 Å². The summed E-state index contributed by atoms with van der Waals surface area (Å²) in [5.41, 5.74) is 7.06. The summed E-state index contributed by atoms with van der Waals surface area (Å²) in [5, 5.41) is 4.37. The number of carbonyl (C=O) groups excluding carboxylic acids is 1. The Bertz CT molecular complexity index is 1640. The molecule has 2 heterocycles. The van der Waals surface area contributed by atoms with Crippen molar-refractivity contribution in [3.8, 4) is 5.75 Å². The number of hydrogen-bond donors (Lipinski definition) is 1. The molecule has 44 heavy (non-hydrogen) atoms. The molecule has 0 spiro atoms. The van der Waals surface area contributed by atoms with E-state index in [9.17, 15) is 4.79 Å². The van der Waals surface area contributed by atoms with E-state index in [1.54, 1.807) is 0 Å². The molecular formula is C38H41N3O3. The number of morpholine rings is 1. The SMILES string of the molecule is Cc1ccc(Cn2cc([C@H](CC(=O)NCCN3CCOCC3)c3ccc(OCc4ccccc4)cc3)c3ccccc32)cc1. The van der Waals surface area contributed by atoms with Crippen LogP contribution in [0.4, 0.5) is 0 Å². The van der Waals surface area contributed by atoms with Crippen LogP contribution in [0.25, 0.3) is 10.9 Å². The van der Waals surface area contributed by atoms with Crippen molar-refractivity contribution in [3.63, 3.8) is 0 Å². The fourth-order valence-electron chi connectivity index (χ4n) is 5.95. The smallest absolute Gasteiger partial charge is 0.220 e. The first-order chi connectivity index (χ1) is 21.6. The molecule has 1 amide bonds. The fraction of sp³-hybridized carbons (Fsp3) is 0.289. The fourth-order valence-corrected chi connectivity index (χ4v) is 5.95. The molecule has 5 aromatic rings. The first-order valence-corrected chi connectivity index (χ1v) is 15.6. The Morgan fingerprint density at radius 1 is 0.864 bits per heavy atom. The van der Waals surface area contributed by atoms with Gasteiger partial charge < -0.3 is 19.4 Å². The van der Waals surface area contributed by atoms with Gasteiger partial charge in [0.15, 0.2) is 0 Å². The molecule has 1 atom stereocenters. The van der Waals surface area contributed by atoms with Gasteiger partial charge in [0, 0.05) is 62.2 Å². The van der Waals surface area contributed by atoms with Crippen molar-refractivity contribution < 1.29 is 14.3 Å². The number of aromatic nitrogens is 1. The van der Waals surface area contributed by atoms with Gasteiger partial charge in [0.2, 0.25) is 5.91 Å². The van der Waals surface area contributed by atoms with Crippen LogP contribution in [0.5, 0.6) is 5.75 Å². The molecule has 1 aliphatic rings. The third-order valence-electron chi connectivity index (χ3n) is 8.44. The van der Waals surface area contributed by atoms with Crippen molar-refractivity contribution in [1.82, 2.24) is 14.8 Å². The maximum atomic E-state index is 13.4. The monoisotopic (exact) mass is 587 g/mol.